The van der Waals surface area contributed by atoms with Gasteiger partial charge in [-0.2, -0.15) is 8.78 Å². The summed E-state index contributed by atoms with van der Waals surface area (Å²) >= 11 is 0. The SMILES string of the molecule is CCCCCc1ccc(-c2ccc(-c3cc(F)c(-c4cc(F)c(C(F)(F)Oc5cc(F)c(OC(F)(F)F)c(F)c5)c(F)c4)c(F)c3)c(F)c2)cc1. The molecule has 5 rings (SSSR count). The average molecular weight is 729 g/mol. The second kappa shape index (κ2) is 14.6. The van der Waals surface area contributed by atoms with E-state index in [-0.39, 0.29) is 35.4 Å². The Morgan fingerprint density at radius 3 is 1.57 bits per heavy atom. The normalized spacial score (nSPS) is 11.9. The third kappa shape index (κ3) is 8.43. The van der Waals surface area contributed by atoms with E-state index in [1.807, 2.05) is 24.3 Å². The number of hydrogen-bond acceptors (Lipinski definition) is 2. The Labute approximate surface area is 282 Å². The van der Waals surface area contributed by atoms with Gasteiger partial charge >= 0.3 is 12.5 Å². The Bertz CT molecular complexity index is 1990. The molecule has 51 heavy (non-hydrogen) atoms. The molecule has 0 aliphatic carbocycles. The molecule has 14 heteroatoms. The van der Waals surface area contributed by atoms with Crippen molar-refractivity contribution < 1.29 is 62.2 Å². The molecule has 0 aliphatic heterocycles. The monoisotopic (exact) mass is 728 g/mol. The maximum Gasteiger partial charge on any atom is 0.573 e. The topological polar surface area (TPSA) is 18.5 Å². The number of alkyl halides is 5. The first kappa shape index (κ1) is 37.1. The lowest BCUT2D eigenvalue weighted by molar-refractivity contribution is -0.276. The molecule has 0 amide bonds. The van der Waals surface area contributed by atoms with Crippen molar-refractivity contribution in [3.63, 3.8) is 0 Å². The van der Waals surface area contributed by atoms with Crippen molar-refractivity contribution in [2.75, 3.05) is 0 Å². The molecule has 5 aromatic rings. The summed E-state index contributed by atoms with van der Waals surface area (Å²) < 4.78 is 177. The van der Waals surface area contributed by atoms with E-state index in [0.717, 1.165) is 31.2 Å². The van der Waals surface area contributed by atoms with Gasteiger partial charge in [-0.05, 0) is 71.0 Å². The second-order valence-corrected chi connectivity index (χ2v) is 11.4. The standard InChI is InChI=1S/C37H24F12O2/c1-2-3-4-5-19-6-8-20(9-7-19)21-10-11-25(26(38)12-21)22-13-27(39)33(28(40)14-22)23-15-29(41)34(30(42)16-23)36(45,46)50-24-17-31(43)35(32(44)18-24)51-37(47,48)49/h6-18H,2-5H2,1H3. The Kier molecular flexibility index (Phi) is 10.6. The van der Waals surface area contributed by atoms with Gasteiger partial charge < -0.3 is 9.47 Å². The summed E-state index contributed by atoms with van der Waals surface area (Å²) in [4.78, 5) is 0. The number of aryl methyl sites for hydroxylation is 1. The van der Waals surface area contributed by atoms with Crippen LogP contribution in [0.5, 0.6) is 11.5 Å². The summed E-state index contributed by atoms with van der Waals surface area (Å²) in [6.07, 6.45) is -6.51. The fraction of sp³-hybridized carbons (Fsp3) is 0.189. The van der Waals surface area contributed by atoms with Crippen molar-refractivity contribution in [2.45, 2.75) is 45.1 Å². The minimum Gasteiger partial charge on any atom is -0.429 e. The van der Waals surface area contributed by atoms with Crippen LogP contribution >= 0.6 is 0 Å². The third-order valence-electron chi connectivity index (χ3n) is 7.74. The van der Waals surface area contributed by atoms with Crippen LogP contribution in [0.2, 0.25) is 0 Å². The number of unbranched alkanes of at least 4 members (excludes halogenated alkanes) is 2. The fourth-order valence-corrected chi connectivity index (χ4v) is 5.38. The Morgan fingerprint density at radius 1 is 0.510 bits per heavy atom. The highest BCUT2D eigenvalue weighted by Crippen LogP contribution is 2.41. The second-order valence-electron chi connectivity index (χ2n) is 11.4. The van der Waals surface area contributed by atoms with Gasteiger partial charge in [0.25, 0.3) is 0 Å². The zero-order valence-electron chi connectivity index (χ0n) is 26.2. The molecule has 0 radical (unpaired) electrons. The first-order valence-electron chi connectivity index (χ1n) is 15.2. The maximum atomic E-state index is 15.3. The Hall–Kier alpha value is -5.14. The summed E-state index contributed by atoms with van der Waals surface area (Å²) in [6, 6.07) is 12.8. The zero-order chi connectivity index (χ0) is 37.2. The van der Waals surface area contributed by atoms with Crippen molar-refractivity contribution in [3.8, 4) is 44.9 Å². The summed E-state index contributed by atoms with van der Waals surface area (Å²) in [6.45, 7) is 2.10. The minimum absolute atomic E-state index is 0.128. The summed E-state index contributed by atoms with van der Waals surface area (Å²) in [7, 11) is 0. The van der Waals surface area contributed by atoms with Crippen LogP contribution in [-0.2, 0) is 12.5 Å². The van der Waals surface area contributed by atoms with Crippen molar-refractivity contribution in [3.05, 3.63) is 131 Å². The molecule has 0 aliphatic rings. The highest BCUT2D eigenvalue weighted by atomic mass is 19.4. The molecule has 0 unspecified atom stereocenters. The van der Waals surface area contributed by atoms with Gasteiger partial charge in [-0.25, -0.2) is 30.7 Å². The third-order valence-corrected chi connectivity index (χ3v) is 7.74. The van der Waals surface area contributed by atoms with E-state index in [0.29, 0.717) is 23.3 Å². The lowest BCUT2D eigenvalue weighted by Gasteiger charge is -2.21. The van der Waals surface area contributed by atoms with E-state index in [2.05, 4.69) is 16.4 Å². The van der Waals surface area contributed by atoms with Gasteiger partial charge in [-0.1, -0.05) is 56.2 Å². The number of benzene rings is 5. The molecule has 0 heterocycles. The van der Waals surface area contributed by atoms with Crippen LogP contribution in [0.4, 0.5) is 52.7 Å². The summed E-state index contributed by atoms with van der Waals surface area (Å²) in [5.41, 5.74) is -2.31. The quantitative estimate of drug-likeness (QED) is 0.0996. The van der Waals surface area contributed by atoms with E-state index in [1.165, 1.54) is 18.2 Å². The predicted molar refractivity (Wildman–Crippen MR) is 163 cm³/mol. The van der Waals surface area contributed by atoms with E-state index < -0.39 is 81.4 Å². The molecule has 0 atom stereocenters. The van der Waals surface area contributed by atoms with Crippen LogP contribution in [-0.4, -0.2) is 6.36 Å². The maximum absolute atomic E-state index is 15.3. The molecular weight excluding hydrogens is 704 g/mol. The lowest BCUT2D eigenvalue weighted by Crippen LogP contribution is -2.25. The molecule has 2 nitrogen and oxygen atoms in total. The Morgan fingerprint density at radius 2 is 1.04 bits per heavy atom. The van der Waals surface area contributed by atoms with E-state index in [1.54, 1.807) is 0 Å². The molecule has 0 fully saturated rings. The van der Waals surface area contributed by atoms with E-state index in [9.17, 15) is 39.5 Å². The molecular formula is C37H24F12O2. The number of hydrogen-bond donors (Lipinski definition) is 0. The average Bonchev–Trinajstić information content (AvgIpc) is 3.02. The molecule has 5 aromatic carbocycles. The largest absolute Gasteiger partial charge is 0.573 e. The number of halogens is 12. The zero-order valence-corrected chi connectivity index (χ0v) is 26.2. The van der Waals surface area contributed by atoms with Gasteiger partial charge in [0.1, 0.15) is 40.4 Å². The molecule has 268 valence electrons. The van der Waals surface area contributed by atoms with Crippen LogP contribution in [0.25, 0.3) is 33.4 Å². The van der Waals surface area contributed by atoms with Gasteiger partial charge in [0.2, 0.25) is 5.75 Å². The molecule has 0 aromatic heterocycles. The Balaban J connectivity index is 1.39. The lowest BCUT2D eigenvalue weighted by atomic mass is 9.95. The molecule has 0 saturated carbocycles. The van der Waals surface area contributed by atoms with Gasteiger partial charge in [0.05, 0.1) is 5.56 Å². The minimum atomic E-state index is -5.55. The highest BCUT2D eigenvalue weighted by Gasteiger charge is 2.42. The van der Waals surface area contributed by atoms with Crippen molar-refractivity contribution >= 4 is 0 Å². The first-order valence-corrected chi connectivity index (χ1v) is 15.2. The fourth-order valence-electron chi connectivity index (χ4n) is 5.38. The first-order chi connectivity index (χ1) is 24.0. The summed E-state index contributed by atoms with van der Waals surface area (Å²) in [5, 5.41) is 0. The van der Waals surface area contributed by atoms with Crippen LogP contribution in [0.1, 0.15) is 37.3 Å². The van der Waals surface area contributed by atoms with Crippen LogP contribution in [0.15, 0.2) is 78.9 Å². The van der Waals surface area contributed by atoms with Gasteiger partial charge in [-0.15, -0.1) is 13.2 Å². The number of ether oxygens (including phenoxy) is 2. The highest BCUT2D eigenvalue weighted by molar-refractivity contribution is 5.75. The van der Waals surface area contributed by atoms with Crippen molar-refractivity contribution in [1.82, 2.24) is 0 Å². The molecule has 0 N–H and O–H groups in total. The van der Waals surface area contributed by atoms with Crippen LogP contribution in [0, 0.1) is 40.7 Å². The molecule has 0 saturated heterocycles. The van der Waals surface area contributed by atoms with Crippen LogP contribution in [0.3, 0.4) is 0 Å². The van der Waals surface area contributed by atoms with E-state index in [4.69, 9.17) is 0 Å². The van der Waals surface area contributed by atoms with Crippen molar-refractivity contribution in [1.29, 1.82) is 0 Å². The predicted octanol–water partition coefficient (Wildman–Crippen LogP) is 12.4. The van der Waals surface area contributed by atoms with Crippen molar-refractivity contribution in [2.24, 2.45) is 0 Å². The van der Waals surface area contributed by atoms with Gasteiger partial charge in [-0.3, -0.25) is 0 Å². The van der Waals surface area contributed by atoms with Gasteiger partial charge in [0, 0.05) is 17.7 Å². The number of rotatable bonds is 11. The van der Waals surface area contributed by atoms with E-state index >= 15 is 13.2 Å². The smallest absolute Gasteiger partial charge is 0.429 e. The molecule has 0 spiro atoms. The molecule has 0 bridgehead atoms. The summed E-state index contributed by atoms with van der Waals surface area (Å²) in [5.74, 6) is -15.7. The van der Waals surface area contributed by atoms with Crippen LogP contribution < -0.4 is 9.47 Å². The van der Waals surface area contributed by atoms with Gasteiger partial charge in [0.15, 0.2) is 11.6 Å².